The van der Waals surface area contributed by atoms with E-state index in [-0.39, 0.29) is 5.91 Å². The van der Waals surface area contributed by atoms with E-state index in [4.69, 9.17) is 5.10 Å². The van der Waals surface area contributed by atoms with E-state index in [1.807, 2.05) is 42.9 Å². The molecule has 5 heteroatoms. The lowest BCUT2D eigenvalue weighted by Gasteiger charge is -2.11. The fourth-order valence-corrected chi connectivity index (χ4v) is 3.01. The zero-order valence-electron chi connectivity index (χ0n) is 14.8. The van der Waals surface area contributed by atoms with Crippen molar-refractivity contribution < 1.29 is 4.79 Å². The molecule has 0 radical (unpaired) electrons. The topological polar surface area (TPSA) is 51.9 Å². The minimum atomic E-state index is -0.0589. The van der Waals surface area contributed by atoms with Gasteiger partial charge in [-0.1, -0.05) is 12.1 Å². The zero-order valence-corrected chi connectivity index (χ0v) is 14.8. The number of nitrogens with zero attached hydrogens (tertiary/aromatic N) is 3. The Hall–Kier alpha value is -2.82. The molecule has 5 nitrogen and oxygen atoms in total. The van der Waals surface area contributed by atoms with Gasteiger partial charge in [0, 0.05) is 19.3 Å². The molecule has 1 aliphatic carbocycles. The van der Waals surface area contributed by atoms with Gasteiger partial charge in [-0.2, -0.15) is 5.10 Å². The normalized spacial score (nSPS) is 13.9. The Morgan fingerprint density at radius 3 is 2.68 bits per heavy atom. The van der Waals surface area contributed by atoms with E-state index in [0.717, 1.165) is 41.0 Å². The fraction of sp³-hybridized carbons (Fsp3) is 0.300. The molecule has 1 N–H and O–H groups in total. The van der Waals surface area contributed by atoms with Gasteiger partial charge in [-0.3, -0.25) is 4.79 Å². The maximum atomic E-state index is 12.8. The number of aryl methyl sites for hydroxylation is 3. The number of benzene rings is 1. The number of nitrogens with one attached hydrogen (secondary N) is 1. The Bertz CT molecular complexity index is 947. The summed E-state index contributed by atoms with van der Waals surface area (Å²) in [5.41, 5.74) is 5.55. The first-order chi connectivity index (χ1) is 12.0. The van der Waals surface area contributed by atoms with Crippen molar-refractivity contribution in [2.75, 3.05) is 0 Å². The maximum Gasteiger partial charge on any atom is 0.270 e. The molecule has 2 heterocycles. The summed E-state index contributed by atoms with van der Waals surface area (Å²) in [6, 6.07) is 12.4. The average Bonchev–Trinajstić information content (AvgIpc) is 3.12. The van der Waals surface area contributed by atoms with Gasteiger partial charge in [-0.25, -0.2) is 4.68 Å². The quantitative estimate of drug-likeness (QED) is 0.795. The number of rotatable bonds is 4. The molecule has 0 saturated heterocycles. The van der Waals surface area contributed by atoms with Crippen LogP contribution < -0.4 is 5.32 Å². The fourth-order valence-electron chi connectivity index (χ4n) is 3.01. The summed E-state index contributed by atoms with van der Waals surface area (Å²) in [6.45, 7) is 4.09. The Morgan fingerprint density at radius 2 is 2.00 bits per heavy atom. The van der Waals surface area contributed by atoms with Gasteiger partial charge in [0.1, 0.15) is 11.4 Å². The molecule has 0 aliphatic heterocycles. The van der Waals surface area contributed by atoms with Crippen LogP contribution in [0, 0.1) is 13.8 Å². The van der Waals surface area contributed by atoms with Crippen molar-refractivity contribution >= 4 is 5.91 Å². The van der Waals surface area contributed by atoms with Gasteiger partial charge in [0.05, 0.1) is 11.4 Å². The number of carbonyl (C=O) groups is 1. The molecule has 1 aromatic carbocycles. The third kappa shape index (κ3) is 2.97. The lowest BCUT2D eigenvalue weighted by molar-refractivity contribution is 0.0943. The standard InChI is InChI=1S/C20H22N4O/c1-13-6-7-14(2)18(11-13)24-19(20(25)21-15-8-9-15)12-16(22-24)17-5-4-10-23(17)3/h4-7,10-12,15H,8-9H2,1-3H3,(H,21,25). The van der Waals surface area contributed by atoms with Gasteiger partial charge in [0.25, 0.3) is 5.91 Å². The second-order valence-corrected chi connectivity index (χ2v) is 6.87. The summed E-state index contributed by atoms with van der Waals surface area (Å²) >= 11 is 0. The summed E-state index contributed by atoms with van der Waals surface area (Å²) in [5.74, 6) is -0.0589. The molecule has 2 aromatic heterocycles. The van der Waals surface area contributed by atoms with Gasteiger partial charge >= 0.3 is 0 Å². The van der Waals surface area contributed by atoms with Crippen molar-refractivity contribution in [3.8, 4) is 17.1 Å². The second-order valence-electron chi connectivity index (χ2n) is 6.87. The van der Waals surface area contributed by atoms with E-state index in [2.05, 4.69) is 30.4 Å². The zero-order chi connectivity index (χ0) is 17.6. The van der Waals surface area contributed by atoms with E-state index in [0.29, 0.717) is 11.7 Å². The first kappa shape index (κ1) is 15.7. The molecular weight excluding hydrogens is 312 g/mol. The minimum Gasteiger partial charge on any atom is -0.349 e. The molecule has 128 valence electrons. The van der Waals surface area contributed by atoms with Crippen LogP contribution >= 0.6 is 0 Å². The molecule has 1 fully saturated rings. The highest BCUT2D eigenvalue weighted by molar-refractivity contribution is 5.94. The number of hydrogen-bond acceptors (Lipinski definition) is 2. The molecule has 0 unspecified atom stereocenters. The first-order valence-corrected chi connectivity index (χ1v) is 8.63. The van der Waals surface area contributed by atoms with Crippen LogP contribution in [0.2, 0.25) is 0 Å². The van der Waals surface area contributed by atoms with Gasteiger partial charge in [-0.05, 0) is 62.1 Å². The third-order valence-corrected chi connectivity index (χ3v) is 4.65. The maximum absolute atomic E-state index is 12.8. The lowest BCUT2D eigenvalue weighted by Crippen LogP contribution is -2.27. The van der Waals surface area contributed by atoms with Crippen molar-refractivity contribution in [1.82, 2.24) is 19.7 Å². The van der Waals surface area contributed by atoms with Crippen LogP contribution in [-0.2, 0) is 7.05 Å². The van der Waals surface area contributed by atoms with Gasteiger partial charge < -0.3 is 9.88 Å². The van der Waals surface area contributed by atoms with Crippen LogP contribution in [0.15, 0.2) is 42.6 Å². The van der Waals surface area contributed by atoms with Crippen molar-refractivity contribution in [1.29, 1.82) is 0 Å². The molecular formula is C20H22N4O. The summed E-state index contributed by atoms with van der Waals surface area (Å²) in [4.78, 5) is 12.8. The van der Waals surface area contributed by atoms with Gasteiger partial charge in [-0.15, -0.1) is 0 Å². The van der Waals surface area contributed by atoms with Crippen LogP contribution in [0.3, 0.4) is 0 Å². The van der Waals surface area contributed by atoms with Crippen LogP contribution in [0.25, 0.3) is 17.1 Å². The molecule has 1 amide bonds. The SMILES string of the molecule is Cc1ccc(C)c(-n2nc(-c3cccn3C)cc2C(=O)NC2CC2)c1. The van der Waals surface area contributed by atoms with E-state index in [1.54, 1.807) is 4.68 Å². The van der Waals surface area contributed by atoms with Crippen LogP contribution in [0.4, 0.5) is 0 Å². The van der Waals surface area contributed by atoms with Crippen molar-refractivity contribution in [3.63, 3.8) is 0 Å². The van der Waals surface area contributed by atoms with Crippen LogP contribution in [-0.4, -0.2) is 26.3 Å². The Labute approximate surface area is 147 Å². The molecule has 0 bridgehead atoms. The van der Waals surface area contributed by atoms with E-state index >= 15 is 0 Å². The smallest absolute Gasteiger partial charge is 0.270 e. The van der Waals surface area contributed by atoms with E-state index in [9.17, 15) is 4.79 Å². The molecule has 25 heavy (non-hydrogen) atoms. The average molecular weight is 334 g/mol. The highest BCUT2D eigenvalue weighted by Gasteiger charge is 2.27. The van der Waals surface area contributed by atoms with Crippen LogP contribution in [0.1, 0.15) is 34.5 Å². The first-order valence-electron chi connectivity index (χ1n) is 8.63. The van der Waals surface area contributed by atoms with Gasteiger partial charge in [0.15, 0.2) is 0 Å². The highest BCUT2D eigenvalue weighted by Crippen LogP contribution is 2.25. The van der Waals surface area contributed by atoms with Crippen molar-refractivity contribution in [2.24, 2.45) is 7.05 Å². The molecule has 3 aromatic rings. The summed E-state index contributed by atoms with van der Waals surface area (Å²) < 4.78 is 3.79. The highest BCUT2D eigenvalue weighted by atomic mass is 16.2. The Balaban J connectivity index is 1.85. The summed E-state index contributed by atoms with van der Waals surface area (Å²) in [7, 11) is 1.98. The minimum absolute atomic E-state index is 0.0589. The van der Waals surface area contributed by atoms with Crippen LogP contribution in [0.5, 0.6) is 0 Å². The number of amides is 1. The van der Waals surface area contributed by atoms with Crippen molar-refractivity contribution in [3.05, 3.63) is 59.4 Å². The Morgan fingerprint density at radius 1 is 1.20 bits per heavy atom. The third-order valence-electron chi connectivity index (χ3n) is 4.65. The summed E-state index contributed by atoms with van der Waals surface area (Å²) in [6.07, 6.45) is 4.11. The molecule has 0 atom stereocenters. The van der Waals surface area contributed by atoms with Crippen molar-refractivity contribution in [2.45, 2.75) is 32.7 Å². The number of hydrogen-bond donors (Lipinski definition) is 1. The number of aromatic nitrogens is 3. The predicted octanol–water partition coefficient (Wildman–Crippen LogP) is 3.39. The summed E-state index contributed by atoms with van der Waals surface area (Å²) in [5, 5.41) is 7.85. The Kier molecular flexibility index (Phi) is 3.71. The molecule has 0 spiro atoms. The molecule has 1 aliphatic rings. The second kappa shape index (κ2) is 5.92. The molecule has 4 rings (SSSR count). The molecule has 1 saturated carbocycles. The number of carbonyl (C=O) groups excluding carboxylic acids is 1. The predicted molar refractivity (Wildman–Crippen MR) is 97.9 cm³/mol. The monoisotopic (exact) mass is 334 g/mol. The lowest BCUT2D eigenvalue weighted by atomic mass is 10.1. The van der Waals surface area contributed by atoms with E-state index < -0.39 is 0 Å². The largest absolute Gasteiger partial charge is 0.349 e. The van der Waals surface area contributed by atoms with E-state index in [1.165, 1.54) is 0 Å². The van der Waals surface area contributed by atoms with Gasteiger partial charge in [0.2, 0.25) is 0 Å².